The summed E-state index contributed by atoms with van der Waals surface area (Å²) in [7, 11) is 0. The van der Waals surface area contributed by atoms with E-state index in [0.717, 1.165) is 33.8 Å². The first kappa shape index (κ1) is 24.6. The van der Waals surface area contributed by atoms with E-state index in [1.807, 2.05) is 18.3 Å². The standard InChI is InChI=1S/C38H30N4/c1-38(2,3)35-33-28-18-7-9-20-30(28)41(27-17-13-16-26(24-27)25-14-5-4-6-15-25)36(33)40-37-34(35)29-19-8-10-21-31(29)42(37)32-22-11-12-23-39-32/h4-24H,1-3H3. The number of hydrogen-bond donors (Lipinski definition) is 0. The lowest BCUT2D eigenvalue weighted by Crippen LogP contribution is -2.13. The Hall–Kier alpha value is -5.22. The normalized spacial score (nSPS) is 12.2. The highest BCUT2D eigenvalue weighted by atomic mass is 15.1. The van der Waals surface area contributed by atoms with Gasteiger partial charge in [0, 0.05) is 33.4 Å². The molecule has 0 radical (unpaired) electrons. The minimum absolute atomic E-state index is 0.153. The molecular weight excluding hydrogens is 512 g/mol. The van der Waals surface area contributed by atoms with Crippen molar-refractivity contribution in [2.75, 3.05) is 0 Å². The summed E-state index contributed by atoms with van der Waals surface area (Å²) in [5, 5.41) is 4.81. The van der Waals surface area contributed by atoms with Gasteiger partial charge in [-0.05, 0) is 58.5 Å². The van der Waals surface area contributed by atoms with Crippen molar-refractivity contribution in [3.8, 4) is 22.6 Å². The molecule has 0 aliphatic carbocycles. The highest BCUT2D eigenvalue weighted by Crippen LogP contribution is 2.45. The molecule has 0 amide bonds. The maximum atomic E-state index is 5.57. The number of pyridine rings is 2. The van der Waals surface area contributed by atoms with Crippen molar-refractivity contribution in [3.05, 3.63) is 133 Å². The van der Waals surface area contributed by atoms with E-state index in [4.69, 9.17) is 9.97 Å². The zero-order valence-corrected chi connectivity index (χ0v) is 23.9. The molecule has 0 saturated carbocycles. The highest BCUT2D eigenvalue weighted by molar-refractivity contribution is 6.20. The quantitative estimate of drug-likeness (QED) is 0.223. The number of aromatic nitrogens is 4. The van der Waals surface area contributed by atoms with Crippen LogP contribution in [-0.2, 0) is 5.41 Å². The highest BCUT2D eigenvalue weighted by Gasteiger charge is 2.29. The fraction of sp³-hybridized carbons (Fsp3) is 0.105. The van der Waals surface area contributed by atoms with Gasteiger partial charge in [-0.3, -0.25) is 9.13 Å². The molecule has 4 aromatic carbocycles. The van der Waals surface area contributed by atoms with Gasteiger partial charge in [-0.1, -0.05) is 106 Å². The Kier molecular flexibility index (Phi) is 5.35. The monoisotopic (exact) mass is 542 g/mol. The van der Waals surface area contributed by atoms with Crippen LogP contribution in [0.3, 0.4) is 0 Å². The van der Waals surface area contributed by atoms with Gasteiger partial charge in [0.15, 0.2) is 0 Å². The molecule has 0 atom stereocenters. The second-order valence-corrected chi connectivity index (χ2v) is 11.9. The Morgan fingerprint density at radius 3 is 1.81 bits per heavy atom. The lowest BCUT2D eigenvalue weighted by atomic mass is 9.82. The summed E-state index contributed by atoms with van der Waals surface area (Å²) in [5.41, 5.74) is 8.77. The lowest BCUT2D eigenvalue weighted by Gasteiger charge is -2.22. The third-order valence-corrected chi connectivity index (χ3v) is 8.25. The summed E-state index contributed by atoms with van der Waals surface area (Å²) in [6, 6.07) is 42.8. The first-order valence-corrected chi connectivity index (χ1v) is 14.4. The Labute approximate surface area is 244 Å². The van der Waals surface area contributed by atoms with Gasteiger partial charge < -0.3 is 0 Å². The maximum Gasteiger partial charge on any atom is 0.149 e. The number of fused-ring (bicyclic) bond motifs is 6. The second-order valence-electron chi connectivity index (χ2n) is 11.9. The lowest BCUT2D eigenvalue weighted by molar-refractivity contribution is 0.601. The predicted molar refractivity (Wildman–Crippen MR) is 175 cm³/mol. The van der Waals surface area contributed by atoms with E-state index in [2.05, 4.69) is 139 Å². The van der Waals surface area contributed by atoms with Gasteiger partial charge in [0.2, 0.25) is 0 Å². The van der Waals surface area contributed by atoms with Crippen LogP contribution in [0.1, 0.15) is 26.3 Å². The van der Waals surface area contributed by atoms with Crippen LogP contribution in [0.4, 0.5) is 0 Å². The number of benzene rings is 4. The van der Waals surface area contributed by atoms with E-state index < -0.39 is 0 Å². The molecule has 0 saturated heterocycles. The van der Waals surface area contributed by atoms with Crippen LogP contribution in [0.5, 0.6) is 0 Å². The zero-order valence-electron chi connectivity index (χ0n) is 23.9. The summed E-state index contributed by atoms with van der Waals surface area (Å²) < 4.78 is 4.56. The van der Waals surface area contributed by atoms with E-state index in [9.17, 15) is 0 Å². The second kappa shape index (κ2) is 9.15. The largest absolute Gasteiger partial charge is 0.294 e. The van der Waals surface area contributed by atoms with Crippen LogP contribution in [0.25, 0.3) is 66.5 Å². The van der Waals surface area contributed by atoms with E-state index in [1.54, 1.807) is 0 Å². The molecule has 0 unspecified atom stereocenters. The molecule has 4 heterocycles. The van der Waals surface area contributed by atoms with Gasteiger partial charge in [0.05, 0.1) is 11.0 Å². The molecule has 0 fully saturated rings. The third kappa shape index (κ3) is 3.61. The summed E-state index contributed by atoms with van der Waals surface area (Å²) in [6.45, 7) is 6.95. The van der Waals surface area contributed by atoms with Crippen molar-refractivity contribution in [1.29, 1.82) is 0 Å². The average Bonchev–Trinajstić information content (AvgIpc) is 3.53. The van der Waals surface area contributed by atoms with Gasteiger partial charge in [0.1, 0.15) is 17.1 Å². The van der Waals surface area contributed by atoms with Crippen molar-refractivity contribution >= 4 is 43.9 Å². The minimum Gasteiger partial charge on any atom is -0.294 e. The van der Waals surface area contributed by atoms with Crippen molar-refractivity contribution in [2.45, 2.75) is 26.2 Å². The first-order chi connectivity index (χ1) is 20.5. The molecule has 4 aromatic heterocycles. The molecule has 0 bridgehead atoms. The summed E-state index contributed by atoms with van der Waals surface area (Å²) in [6.07, 6.45) is 1.85. The smallest absolute Gasteiger partial charge is 0.149 e. The van der Waals surface area contributed by atoms with Gasteiger partial charge in [-0.15, -0.1) is 0 Å². The Bertz CT molecular complexity index is 2270. The van der Waals surface area contributed by atoms with Crippen LogP contribution in [0.2, 0.25) is 0 Å². The molecule has 8 rings (SSSR count). The van der Waals surface area contributed by atoms with Gasteiger partial charge >= 0.3 is 0 Å². The van der Waals surface area contributed by atoms with Crippen LogP contribution in [-0.4, -0.2) is 19.1 Å². The van der Waals surface area contributed by atoms with Crippen molar-refractivity contribution in [2.24, 2.45) is 0 Å². The molecule has 0 spiro atoms. The molecular formula is C38H30N4. The fourth-order valence-electron chi connectivity index (χ4n) is 6.57. The number of rotatable bonds is 3. The van der Waals surface area contributed by atoms with Crippen LogP contribution in [0, 0.1) is 0 Å². The summed E-state index contributed by atoms with van der Waals surface area (Å²) >= 11 is 0. The Balaban J connectivity index is 1.58. The molecule has 42 heavy (non-hydrogen) atoms. The SMILES string of the molecule is CC(C)(C)c1c2c3ccccc3n(-c3cccc(-c4ccccc4)c3)c2nc2c1c1ccccc1n2-c1ccccn1. The van der Waals surface area contributed by atoms with Crippen LogP contribution < -0.4 is 0 Å². The molecule has 8 aromatic rings. The van der Waals surface area contributed by atoms with Crippen LogP contribution >= 0.6 is 0 Å². The van der Waals surface area contributed by atoms with E-state index in [-0.39, 0.29) is 5.41 Å². The number of para-hydroxylation sites is 2. The van der Waals surface area contributed by atoms with E-state index in [1.165, 1.54) is 38.2 Å². The average molecular weight is 543 g/mol. The molecule has 4 nitrogen and oxygen atoms in total. The zero-order chi connectivity index (χ0) is 28.4. The maximum absolute atomic E-state index is 5.57. The Morgan fingerprint density at radius 2 is 1.14 bits per heavy atom. The Morgan fingerprint density at radius 1 is 0.548 bits per heavy atom. The number of nitrogens with zero attached hydrogens (tertiary/aromatic N) is 4. The summed E-state index contributed by atoms with van der Waals surface area (Å²) in [5.74, 6) is 0.865. The summed E-state index contributed by atoms with van der Waals surface area (Å²) in [4.78, 5) is 10.3. The van der Waals surface area contributed by atoms with Crippen molar-refractivity contribution < 1.29 is 0 Å². The fourth-order valence-corrected chi connectivity index (χ4v) is 6.57. The van der Waals surface area contributed by atoms with Gasteiger partial charge in [-0.2, -0.15) is 0 Å². The van der Waals surface area contributed by atoms with Crippen LogP contribution in [0.15, 0.2) is 128 Å². The molecule has 4 heteroatoms. The van der Waals surface area contributed by atoms with E-state index >= 15 is 0 Å². The minimum atomic E-state index is -0.153. The van der Waals surface area contributed by atoms with Crippen molar-refractivity contribution in [1.82, 2.24) is 19.1 Å². The predicted octanol–water partition coefficient (Wildman–Crippen LogP) is 9.64. The topological polar surface area (TPSA) is 35.6 Å². The number of hydrogen-bond acceptors (Lipinski definition) is 2. The van der Waals surface area contributed by atoms with Gasteiger partial charge in [0.25, 0.3) is 0 Å². The first-order valence-electron chi connectivity index (χ1n) is 14.4. The molecule has 0 aliphatic rings. The third-order valence-electron chi connectivity index (χ3n) is 8.25. The van der Waals surface area contributed by atoms with Gasteiger partial charge in [-0.25, -0.2) is 9.97 Å². The molecule has 202 valence electrons. The molecule has 0 aliphatic heterocycles. The molecule has 0 N–H and O–H groups in total. The van der Waals surface area contributed by atoms with E-state index in [0.29, 0.717) is 0 Å². The van der Waals surface area contributed by atoms with Crippen molar-refractivity contribution in [3.63, 3.8) is 0 Å².